The van der Waals surface area contributed by atoms with E-state index < -0.39 is 0 Å². The molecule has 1 heterocycles. The van der Waals surface area contributed by atoms with E-state index in [-0.39, 0.29) is 18.0 Å². The van der Waals surface area contributed by atoms with Gasteiger partial charge in [0.2, 0.25) is 5.91 Å². The van der Waals surface area contributed by atoms with E-state index in [0.717, 1.165) is 11.3 Å². The molecule has 4 nitrogen and oxygen atoms in total. The number of hydrogen-bond acceptors (Lipinski definition) is 3. The fourth-order valence-electron chi connectivity index (χ4n) is 2.92. The molecule has 120 valence electrons. The largest absolute Gasteiger partial charge is 0.311 e. The summed E-state index contributed by atoms with van der Waals surface area (Å²) in [6, 6.07) is 17.3. The first-order chi connectivity index (χ1) is 11.2. The Morgan fingerprint density at radius 3 is 2.65 bits per heavy atom. The Bertz CT molecular complexity index is 677. The molecule has 5 heteroatoms. The van der Waals surface area contributed by atoms with E-state index in [9.17, 15) is 4.79 Å². The molecule has 2 aromatic rings. The molecule has 23 heavy (non-hydrogen) atoms. The number of carbonyl (C=O) groups is 1. The van der Waals surface area contributed by atoms with Gasteiger partial charge in [-0.15, -0.1) is 0 Å². The average molecular weight is 330 g/mol. The summed E-state index contributed by atoms with van der Waals surface area (Å²) in [5.41, 5.74) is 8.34. The maximum absolute atomic E-state index is 12.8. The van der Waals surface area contributed by atoms with Crippen LogP contribution in [0.3, 0.4) is 0 Å². The summed E-state index contributed by atoms with van der Waals surface area (Å²) in [6.07, 6.45) is 0.697. The standard InChI is InChI=1S/C18H20ClN3O/c1-2-22(15-9-4-3-5-10-15)18(23)17-12-16(20-21-17)13-7-6-8-14(19)11-13/h3-11,16-17,20-21H,2,12H2,1H3. The highest BCUT2D eigenvalue weighted by atomic mass is 35.5. The lowest BCUT2D eigenvalue weighted by Gasteiger charge is -2.24. The highest BCUT2D eigenvalue weighted by Crippen LogP contribution is 2.26. The quantitative estimate of drug-likeness (QED) is 0.904. The van der Waals surface area contributed by atoms with Crippen molar-refractivity contribution in [2.24, 2.45) is 0 Å². The van der Waals surface area contributed by atoms with Gasteiger partial charge in [0, 0.05) is 23.3 Å². The summed E-state index contributed by atoms with van der Waals surface area (Å²) in [5, 5.41) is 0.707. The lowest BCUT2D eigenvalue weighted by atomic mass is 10.0. The maximum Gasteiger partial charge on any atom is 0.245 e. The first-order valence-electron chi connectivity index (χ1n) is 7.82. The third-order valence-electron chi connectivity index (χ3n) is 4.10. The predicted molar refractivity (Wildman–Crippen MR) is 93.3 cm³/mol. The fraction of sp³-hybridized carbons (Fsp3) is 0.278. The molecular weight excluding hydrogens is 310 g/mol. The van der Waals surface area contributed by atoms with Crippen LogP contribution in [0, 0.1) is 0 Å². The fourth-order valence-corrected chi connectivity index (χ4v) is 3.12. The van der Waals surface area contributed by atoms with E-state index in [0.29, 0.717) is 18.0 Å². The third kappa shape index (κ3) is 3.55. The van der Waals surface area contributed by atoms with E-state index in [4.69, 9.17) is 11.6 Å². The van der Waals surface area contributed by atoms with Gasteiger partial charge in [-0.2, -0.15) is 0 Å². The first-order valence-corrected chi connectivity index (χ1v) is 8.19. The molecule has 2 atom stereocenters. The zero-order valence-corrected chi connectivity index (χ0v) is 13.8. The Labute approximate surface area is 141 Å². The SMILES string of the molecule is CCN(C(=O)C1CC(c2cccc(Cl)c2)NN1)c1ccccc1. The Hall–Kier alpha value is -1.88. The highest BCUT2D eigenvalue weighted by molar-refractivity contribution is 6.30. The number of para-hydroxylation sites is 1. The predicted octanol–water partition coefficient (Wildman–Crippen LogP) is 3.30. The number of benzene rings is 2. The molecule has 2 unspecified atom stereocenters. The number of hydrazine groups is 1. The summed E-state index contributed by atoms with van der Waals surface area (Å²) in [4.78, 5) is 14.6. The lowest BCUT2D eigenvalue weighted by Crippen LogP contribution is -2.45. The zero-order chi connectivity index (χ0) is 16.2. The topological polar surface area (TPSA) is 44.4 Å². The van der Waals surface area contributed by atoms with Crippen LogP contribution in [-0.2, 0) is 4.79 Å². The number of nitrogens with one attached hydrogen (secondary N) is 2. The minimum absolute atomic E-state index is 0.0794. The summed E-state index contributed by atoms with van der Waals surface area (Å²) in [5.74, 6) is 0.0794. The van der Waals surface area contributed by atoms with E-state index in [2.05, 4.69) is 10.9 Å². The minimum atomic E-state index is -0.251. The summed E-state index contributed by atoms with van der Waals surface area (Å²) >= 11 is 6.05. The number of likely N-dealkylation sites (N-methyl/N-ethyl adjacent to an activating group) is 1. The number of amides is 1. The number of carbonyl (C=O) groups excluding carboxylic acids is 1. The number of halogens is 1. The average Bonchev–Trinajstić information content (AvgIpc) is 3.06. The van der Waals surface area contributed by atoms with Crippen LogP contribution in [0.25, 0.3) is 0 Å². The Balaban J connectivity index is 1.72. The molecule has 0 saturated carbocycles. The Morgan fingerprint density at radius 2 is 1.96 bits per heavy atom. The van der Waals surface area contributed by atoms with Crippen molar-refractivity contribution in [1.82, 2.24) is 10.9 Å². The van der Waals surface area contributed by atoms with Gasteiger partial charge in [0.15, 0.2) is 0 Å². The molecule has 3 rings (SSSR count). The molecule has 1 fully saturated rings. The number of nitrogens with zero attached hydrogens (tertiary/aromatic N) is 1. The van der Waals surface area contributed by atoms with Crippen LogP contribution in [0.1, 0.15) is 24.9 Å². The van der Waals surface area contributed by atoms with E-state index in [1.165, 1.54) is 0 Å². The van der Waals surface area contributed by atoms with E-state index >= 15 is 0 Å². The van der Waals surface area contributed by atoms with Crippen LogP contribution >= 0.6 is 11.6 Å². The summed E-state index contributed by atoms with van der Waals surface area (Å²) < 4.78 is 0. The molecule has 0 aliphatic carbocycles. The molecule has 0 bridgehead atoms. The maximum atomic E-state index is 12.8. The molecule has 1 amide bonds. The Kier molecular flexibility index (Phi) is 4.96. The first kappa shape index (κ1) is 16.0. The molecule has 2 N–H and O–H groups in total. The number of hydrogen-bond donors (Lipinski definition) is 2. The highest BCUT2D eigenvalue weighted by Gasteiger charge is 2.33. The minimum Gasteiger partial charge on any atom is -0.311 e. The van der Waals surface area contributed by atoms with Gasteiger partial charge in [-0.1, -0.05) is 41.9 Å². The van der Waals surface area contributed by atoms with Crippen molar-refractivity contribution >= 4 is 23.2 Å². The van der Waals surface area contributed by atoms with Crippen molar-refractivity contribution in [3.05, 3.63) is 65.2 Å². The number of anilines is 1. The number of rotatable bonds is 4. The molecule has 1 saturated heterocycles. The van der Waals surface area contributed by atoms with Crippen LogP contribution in [0.5, 0.6) is 0 Å². The van der Waals surface area contributed by atoms with Crippen LogP contribution < -0.4 is 15.8 Å². The zero-order valence-electron chi connectivity index (χ0n) is 13.0. The molecule has 0 spiro atoms. The summed E-state index contributed by atoms with van der Waals surface area (Å²) in [6.45, 7) is 2.63. The van der Waals surface area contributed by atoms with Gasteiger partial charge in [0.25, 0.3) is 0 Å². The normalized spacial score (nSPS) is 20.4. The van der Waals surface area contributed by atoms with Crippen molar-refractivity contribution in [2.45, 2.75) is 25.4 Å². The molecule has 2 aromatic carbocycles. The monoisotopic (exact) mass is 329 g/mol. The van der Waals surface area contributed by atoms with Gasteiger partial charge < -0.3 is 4.90 Å². The Morgan fingerprint density at radius 1 is 1.17 bits per heavy atom. The van der Waals surface area contributed by atoms with Crippen molar-refractivity contribution in [3.8, 4) is 0 Å². The van der Waals surface area contributed by atoms with Crippen LogP contribution in [0.4, 0.5) is 5.69 Å². The van der Waals surface area contributed by atoms with Gasteiger partial charge in [-0.05, 0) is 43.2 Å². The smallest absolute Gasteiger partial charge is 0.245 e. The van der Waals surface area contributed by atoms with Crippen molar-refractivity contribution in [1.29, 1.82) is 0 Å². The van der Waals surface area contributed by atoms with Gasteiger partial charge in [-0.25, -0.2) is 10.9 Å². The van der Waals surface area contributed by atoms with Crippen molar-refractivity contribution < 1.29 is 4.79 Å². The second kappa shape index (κ2) is 7.13. The van der Waals surface area contributed by atoms with Crippen LogP contribution in [0.2, 0.25) is 5.02 Å². The lowest BCUT2D eigenvalue weighted by molar-refractivity contribution is -0.120. The van der Waals surface area contributed by atoms with Gasteiger partial charge in [0.05, 0.1) is 0 Å². The summed E-state index contributed by atoms with van der Waals surface area (Å²) in [7, 11) is 0. The van der Waals surface area contributed by atoms with Gasteiger partial charge in [-0.3, -0.25) is 4.79 Å². The van der Waals surface area contributed by atoms with Crippen LogP contribution in [0.15, 0.2) is 54.6 Å². The van der Waals surface area contributed by atoms with E-state index in [1.807, 2.05) is 61.5 Å². The van der Waals surface area contributed by atoms with Crippen LogP contribution in [-0.4, -0.2) is 18.5 Å². The van der Waals surface area contributed by atoms with Crippen molar-refractivity contribution in [2.75, 3.05) is 11.4 Å². The molecular formula is C18H20ClN3O. The van der Waals surface area contributed by atoms with Gasteiger partial charge in [0.1, 0.15) is 6.04 Å². The molecule has 0 radical (unpaired) electrons. The van der Waals surface area contributed by atoms with E-state index in [1.54, 1.807) is 4.90 Å². The molecule has 0 aromatic heterocycles. The second-order valence-electron chi connectivity index (χ2n) is 5.60. The third-order valence-corrected chi connectivity index (χ3v) is 4.34. The van der Waals surface area contributed by atoms with Crippen molar-refractivity contribution in [3.63, 3.8) is 0 Å². The molecule has 1 aliphatic rings. The molecule has 1 aliphatic heterocycles. The second-order valence-corrected chi connectivity index (χ2v) is 6.04. The van der Waals surface area contributed by atoms with Gasteiger partial charge >= 0.3 is 0 Å².